The molecule has 7 nitrogen and oxygen atoms in total. The minimum Gasteiger partial charge on any atom is -0.546 e. The fourth-order valence-electron chi connectivity index (χ4n) is 5.54. The van der Waals surface area contributed by atoms with Crippen molar-refractivity contribution in [1.29, 1.82) is 0 Å². The number of ether oxygens (including phenoxy) is 1. The molecule has 35 heavy (non-hydrogen) atoms. The number of carboxylic acid groups (broad SMARTS) is 1. The average Bonchev–Trinajstić information content (AvgIpc) is 3.08. The normalized spacial score (nSPS) is 24.1. The van der Waals surface area contributed by atoms with Gasteiger partial charge >= 0.3 is 0 Å². The fraction of sp³-hybridized carbons (Fsp3) is 0.750. The summed E-state index contributed by atoms with van der Waals surface area (Å²) < 4.78 is 6.28. The third-order valence-corrected chi connectivity index (χ3v) is 7.44. The van der Waals surface area contributed by atoms with Crippen LogP contribution in [0.15, 0.2) is 18.2 Å². The molecule has 0 saturated heterocycles. The van der Waals surface area contributed by atoms with Gasteiger partial charge in [-0.05, 0) is 73.5 Å². The van der Waals surface area contributed by atoms with Gasteiger partial charge in [0, 0.05) is 0 Å². The average molecular weight is 494 g/mol. The van der Waals surface area contributed by atoms with Gasteiger partial charge in [-0.2, -0.15) is 0 Å². The first-order valence-corrected chi connectivity index (χ1v) is 13.3. The van der Waals surface area contributed by atoms with Crippen molar-refractivity contribution in [1.82, 2.24) is 0 Å². The number of carbonyl (C=O) groups is 1. The molecule has 0 spiro atoms. The maximum Gasteiger partial charge on any atom is 0.128 e. The molecular formula is C28H47NO6. The number of hydrogen-bond donors (Lipinski definition) is 3. The Labute approximate surface area is 211 Å². The number of aliphatic hydroxyl groups excluding tert-OH is 3. The van der Waals surface area contributed by atoms with Crippen LogP contribution < -0.4 is 9.84 Å². The standard InChI is InChI=1S/C23H34O5.C5H14NO/c1-2-3-4-7-17(24)9-10-18-19-11-15-6-5-8-22(28-14-23(26)27)20(15)12-16(19)13-21(18)25;1-6(2,3)4-5-7/h5-6,8,16-19,21,24-25H,2-4,7,9-14H2,1H3,(H,26,27);7H,4-5H2,1-3H3/q;+1/p-1/t16-,17-,18+,19-,21+;/m0./s1. The number of unbranched alkanes of at least 4 members (excludes halogenated alkanes) is 2. The number of benzene rings is 1. The van der Waals surface area contributed by atoms with Crippen LogP contribution in [-0.2, 0) is 17.6 Å². The van der Waals surface area contributed by atoms with Crippen LogP contribution >= 0.6 is 0 Å². The third kappa shape index (κ3) is 9.71. The molecule has 0 unspecified atom stereocenters. The lowest BCUT2D eigenvalue weighted by molar-refractivity contribution is -0.870. The zero-order valence-electron chi connectivity index (χ0n) is 22.1. The molecule has 0 bridgehead atoms. The molecule has 0 heterocycles. The quantitative estimate of drug-likeness (QED) is 0.303. The van der Waals surface area contributed by atoms with Crippen molar-refractivity contribution in [3.8, 4) is 5.75 Å². The van der Waals surface area contributed by atoms with Crippen LogP contribution in [0.5, 0.6) is 5.75 Å². The van der Waals surface area contributed by atoms with Crippen molar-refractivity contribution >= 4 is 5.97 Å². The molecule has 5 atom stereocenters. The molecule has 3 rings (SSSR count). The van der Waals surface area contributed by atoms with E-state index < -0.39 is 12.6 Å². The smallest absolute Gasteiger partial charge is 0.128 e. The highest BCUT2D eigenvalue weighted by molar-refractivity contribution is 5.66. The third-order valence-electron chi connectivity index (χ3n) is 7.44. The van der Waals surface area contributed by atoms with E-state index in [2.05, 4.69) is 34.1 Å². The van der Waals surface area contributed by atoms with Gasteiger partial charge in [0.15, 0.2) is 0 Å². The molecular weight excluding hydrogens is 446 g/mol. The van der Waals surface area contributed by atoms with Crippen LogP contribution in [0.2, 0.25) is 0 Å². The van der Waals surface area contributed by atoms with E-state index >= 15 is 0 Å². The topological polar surface area (TPSA) is 110 Å². The number of likely N-dealkylation sites (N-methyl/N-ethyl adjacent to an activating group) is 1. The number of quaternary nitrogens is 1. The van der Waals surface area contributed by atoms with E-state index in [4.69, 9.17) is 9.84 Å². The molecule has 0 amide bonds. The molecule has 1 aromatic rings. The van der Waals surface area contributed by atoms with Crippen molar-refractivity contribution in [2.24, 2.45) is 17.8 Å². The Bertz CT molecular complexity index is 777. The fourth-order valence-corrected chi connectivity index (χ4v) is 5.54. The van der Waals surface area contributed by atoms with Crippen molar-refractivity contribution in [3.63, 3.8) is 0 Å². The Hall–Kier alpha value is -1.67. The second-order valence-electron chi connectivity index (χ2n) is 11.3. The molecule has 3 N–H and O–H groups in total. The summed E-state index contributed by atoms with van der Waals surface area (Å²) in [5.74, 6) is 0.440. The molecule has 1 fully saturated rings. The van der Waals surface area contributed by atoms with Crippen molar-refractivity contribution < 1.29 is 34.4 Å². The summed E-state index contributed by atoms with van der Waals surface area (Å²) >= 11 is 0. The van der Waals surface area contributed by atoms with Crippen molar-refractivity contribution in [3.05, 3.63) is 29.3 Å². The SMILES string of the molecule is CCCCC[C@H](O)CC[C@@H]1[C@H]2Cc3cccc(OCC(=O)[O-])c3C[C@H]2C[C@H]1O.C[N+](C)(C)CCO. The maximum absolute atomic E-state index is 10.7. The summed E-state index contributed by atoms with van der Waals surface area (Å²) in [6, 6.07) is 5.80. The van der Waals surface area contributed by atoms with Gasteiger partial charge in [0.25, 0.3) is 0 Å². The Kier molecular flexibility index (Phi) is 12.0. The first-order valence-electron chi connectivity index (χ1n) is 13.3. The van der Waals surface area contributed by atoms with Crippen LogP contribution in [0.25, 0.3) is 0 Å². The second kappa shape index (κ2) is 14.2. The Morgan fingerprint density at radius 2 is 1.94 bits per heavy atom. The van der Waals surface area contributed by atoms with Crippen LogP contribution in [0.3, 0.4) is 0 Å². The second-order valence-corrected chi connectivity index (χ2v) is 11.3. The summed E-state index contributed by atoms with van der Waals surface area (Å²) in [7, 11) is 6.16. The first-order chi connectivity index (χ1) is 16.6. The van der Waals surface area contributed by atoms with E-state index in [1.54, 1.807) is 0 Å². The summed E-state index contributed by atoms with van der Waals surface area (Å²) in [4.78, 5) is 10.7. The summed E-state index contributed by atoms with van der Waals surface area (Å²) in [6.45, 7) is 2.84. The van der Waals surface area contributed by atoms with Crippen molar-refractivity contribution in [2.75, 3.05) is 40.9 Å². The van der Waals surface area contributed by atoms with Gasteiger partial charge in [-0.3, -0.25) is 0 Å². The van der Waals surface area contributed by atoms with Gasteiger partial charge in [-0.25, -0.2) is 0 Å². The van der Waals surface area contributed by atoms with Crippen LogP contribution in [0.1, 0.15) is 63.0 Å². The number of carboxylic acids is 1. The molecule has 0 aromatic heterocycles. The first kappa shape index (κ1) is 29.6. The number of hydrogen-bond acceptors (Lipinski definition) is 6. The largest absolute Gasteiger partial charge is 0.546 e. The summed E-state index contributed by atoms with van der Waals surface area (Å²) in [6.07, 6.45) is 7.76. The molecule has 1 aromatic carbocycles. The Morgan fingerprint density at radius 3 is 2.54 bits per heavy atom. The zero-order chi connectivity index (χ0) is 26.0. The van der Waals surface area contributed by atoms with E-state index in [0.29, 0.717) is 17.6 Å². The van der Waals surface area contributed by atoms with Crippen molar-refractivity contribution in [2.45, 2.75) is 76.9 Å². The van der Waals surface area contributed by atoms with Crippen LogP contribution in [0, 0.1) is 17.8 Å². The number of nitrogens with zero attached hydrogens (tertiary/aromatic N) is 1. The highest BCUT2D eigenvalue weighted by Gasteiger charge is 2.44. The van der Waals surface area contributed by atoms with Gasteiger partial charge in [-0.1, -0.05) is 38.3 Å². The molecule has 0 radical (unpaired) electrons. The monoisotopic (exact) mass is 493 g/mol. The van der Waals surface area contributed by atoms with Gasteiger partial charge in [-0.15, -0.1) is 0 Å². The molecule has 200 valence electrons. The van der Waals surface area contributed by atoms with Gasteiger partial charge < -0.3 is 34.4 Å². The lowest BCUT2D eigenvalue weighted by atomic mass is 9.73. The zero-order valence-corrected chi connectivity index (χ0v) is 22.1. The van der Waals surface area contributed by atoms with E-state index in [-0.39, 0.29) is 24.7 Å². The lowest BCUT2D eigenvalue weighted by Gasteiger charge is -2.32. The highest BCUT2D eigenvalue weighted by atomic mass is 16.5. The highest BCUT2D eigenvalue weighted by Crippen LogP contribution is 2.48. The number of aliphatic carboxylic acids is 1. The number of aliphatic hydroxyl groups is 3. The predicted molar refractivity (Wildman–Crippen MR) is 135 cm³/mol. The Morgan fingerprint density at radius 1 is 1.20 bits per heavy atom. The van der Waals surface area contributed by atoms with E-state index in [1.807, 2.05) is 12.1 Å². The van der Waals surface area contributed by atoms with E-state index in [0.717, 1.165) is 74.4 Å². The minimum absolute atomic E-state index is 0.228. The van der Waals surface area contributed by atoms with Gasteiger partial charge in [0.1, 0.15) is 18.9 Å². The molecule has 0 aliphatic heterocycles. The van der Waals surface area contributed by atoms with Crippen LogP contribution in [-0.4, -0.2) is 78.9 Å². The number of carbonyl (C=O) groups excluding carboxylic acids is 1. The van der Waals surface area contributed by atoms with E-state index in [1.165, 1.54) is 5.56 Å². The minimum atomic E-state index is -1.22. The maximum atomic E-state index is 10.7. The Balaban J connectivity index is 0.000000540. The molecule has 2 aliphatic rings. The number of fused-ring (bicyclic) bond motifs is 2. The number of rotatable bonds is 12. The molecule has 2 aliphatic carbocycles. The van der Waals surface area contributed by atoms with E-state index in [9.17, 15) is 20.1 Å². The predicted octanol–water partition coefficient (Wildman–Crippen LogP) is 1.93. The lowest BCUT2D eigenvalue weighted by Crippen LogP contribution is -2.36. The van der Waals surface area contributed by atoms with Gasteiger partial charge in [0.2, 0.25) is 0 Å². The van der Waals surface area contributed by atoms with Gasteiger partial charge in [0.05, 0.1) is 45.9 Å². The molecule has 7 heteroatoms. The molecule has 1 saturated carbocycles. The summed E-state index contributed by atoms with van der Waals surface area (Å²) in [5.41, 5.74) is 2.28. The summed E-state index contributed by atoms with van der Waals surface area (Å²) in [5, 5.41) is 40.1. The van der Waals surface area contributed by atoms with Crippen LogP contribution in [0.4, 0.5) is 0 Å².